The van der Waals surface area contributed by atoms with Crippen molar-refractivity contribution in [1.29, 1.82) is 0 Å². The van der Waals surface area contributed by atoms with Crippen LogP contribution in [0, 0.1) is 0 Å². The molecule has 0 aliphatic heterocycles. The Labute approximate surface area is 112 Å². The highest BCUT2D eigenvalue weighted by Crippen LogP contribution is 2.19. The van der Waals surface area contributed by atoms with Crippen LogP contribution in [-0.2, 0) is 0 Å². The van der Waals surface area contributed by atoms with Crippen LogP contribution in [0.15, 0.2) is 36.7 Å². The van der Waals surface area contributed by atoms with E-state index in [2.05, 4.69) is 9.97 Å². The zero-order valence-electron chi connectivity index (χ0n) is 11.0. The van der Waals surface area contributed by atoms with Crippen LogP contribution in [0.2, 0.25) is 0 Å². The van der Waals surface area contributed by atoms with E-state index in [4.69, 9.17) is 15.2 Å². The molecule has 5 heteroatoms. The Morgan fingerprint density at radius 1 is 1.11 bits per heavy atom. The van der Waals surface area contributed by atoms with Crippen LogP contribution in [-0.4, -0.2) is 29.7 Å². The van der Waals surface area contributed by atoms with E-state index in [1.165, 1.54) is 0 Å². The van der Waals surface area contributed by atoms with Crippen molar-refractivity contribution in [3.8, 4) is 22.9 Å². The number of hydrogen-bond acceptors (Lipinski definition) is 5. The van der Waals surface area contributed by atoms with Crippen molar-refractivity contribution in [2.75, 3.05) is 13.7 Å². The fraction of sp³-hybridized carbons (Fsp3) is 0.286. The molecule has 5 nitrogen and oxygen atoms in total. The molecule has 2 N–H and O–H groups in total. The van der Waals surface area contributed by atoms with Crippen LogP contribution in [0.1, 0.15) is 6.92 Å². The predicted octanol–water partition coefficient (Wildman–Crippen LogP) is 1.88. The Morgan fingerprint density at radius 3 is 2.26 bits per heavy atom. The molecular weight excluding hydrogens is 242 g/mol. The number of ether oxygens (including phenoxy) is 2. The summed E-state index contributed by atoms with van der Waals surface area (Å²) in [6.45, 7) is 2.33. The molecule has 1 aromatic carbocycles. The normalized spacial score (nSPS) is 11.9. The molecule has 100 valence electrons. The number of aromatic nitrogens is 2. The molecule has 0 bridgehead atoms. The lowest BCUT2D eigenvalue weighted by Gasteiger charge is -2.08. The van der Waals surface area contributed by atoms with Gasteiger partial charge in [-0.3, -0.25) is 0 Å². The molecule has 2 aromatic rings. The largest absolute Gasteiger partial charge is 0.497 e. The average molecular weight is 259 g/mol. The Hall–Kier alpha value is -2.14. The summed E-state index contributed by atoms with van der Waals surface area (Å²) < 4.78 is 10.5. The van der Waals surface area contributed by atoms with E-state index in [1.54, 1.807) is 19.5 Å². The number of rotatable bonds is 5. The summed E-state index contributed by atoms with van der Waals surface area (Å²) in [4.78, 5) is 8.53. The van der Waals surface area contributed by atoms with E-state index in [1.807, 2.05) is 31.2 Å². The lowest BCUT2D eigenvalue weighted by molar-refractivity contribution is 0.294. The number of benzene rings is 1. The van der Waals surface area contributed by atoms with Gasteiger partial charge in [0.1, 0.15) is 12.4 Å². The van der Waals surface area contributed by atoms with E-state index in [0.29, 0.717) is 18.2 Å². The Balaban J connectivity index is 2.08. The van der Waals surface area contributed by atoms with Crippen molar-refractivity contribution >= 4 is 0 Å². The summed E-state index contributed by atoms with van der Waals surface area (Å²) in [6.07, 6.45) is 3.30. The van der Waals surface area contributed by atoms with Gasteiger partial charge in [0.2, 0.25) is 0 Å². The van der Waals surface area contributed by atoms with Gasteiger partial charge in [-0.2, -0.15) is 0 Å². The SMILES string of the molecule is COc1ccc(-c2ncc(OCC(C)N)cn2)cc1. The Kier molecular flexibility index (Phi) is 4.30. The first-order chi connectivity index (χ1) is 9.19. The number of hydrogen-bond donors (Lipinski definition) is 1. The molecule has 2 rings (SSSR count). The highest BCUT2D eigenvalue weighted by atomic mass is 16.5. The first kappa shape index (κ1) is 13.3. The highest BCUT2D eigenvalue weighted by molar-refractivity contribution is 5.56. The van der Waals surface area contributed by atoms with Crippen molar-refractivity contribution < 1.29 is 9.47 Å². The van der Waals surface area contributed by atoms with E-state index in [0.717, 1.165) is 11.3 Å². The van der Waals surface area contributed by atoms with Gasteiger partial charge in [0.05, 0.1) is 19.5 Å². The zero-order chi connectivity index (χ0) is 13.7. The van der Waals surface area contributed by atoms with Gasteiger partial charge in [-0.05, 0) is 31.2 Å². The zero-order valence-corrected chi connectivity index (χ0v) is 11.0. The van der Waals surface area contributed by atoms with Crippen LogP contribution in [0.4, 0.5) is 0 Å². The molecule has 0 saturated heterocycles. The van der Waals surface area contributed by atoms with Crippen LogP contribution >= 0.6 is 0 Å². The fourth-order valence-electron chi connectivity index (χ4n) is 1.51. The second kappa shape index (κ2) is 6.15. The van der Waals surface area contributed by atoms with E-state index >= 15 is 0 Å². The summed E-state index contributed by atoms with van der Waals surface area (Å²) in [5.74, 6) is 2.07. The molecule has 1 atom stereocenters. The van der Waals surface area contributed by atoms with Gasteiger partial charge in [0.15, 0.2) is 11.6 Å². The van der Waals surface area contributed by atoms with Gasteiger partial charge in [-0.25, -0.2) is 9.97 Å². The predicted molar refractivity (Wildman–Crippen MR) is 73.2 cm³/mol. The monoisotopic (exact) mass is 259 g/mol. The Bertz CT molecular complexity index is 509. The van der Waals surface area contributed by atoms with Crippen molar-refractivity contribution in [3.63, 3.8) is 0 Å². The van der Waals surface area contributed by atoms with Crippen molar-refractivity contribution in [1.82, 2.24) is 9.97 Å². The van der Waals surface area contributed by atoms with E-state index in [9.17, 15) is 0 Å². The standard InChI is InChI=1S/C14H17N3O2/c1-10(15)9-19-13-7-16-14(17-8-13)11-3-5-12(18-2)6-4-11/h3-8,10H,9,15H2,1-2H3. The van der Waals surface area contributed by atoms with Gasteiger partial charge in [-0.1, -0.05) is 0 Å². The summed E-state index contributed by atoms with van der Waals surface area (Å²) >= 11 is 0. The smallest absolute Gasteiger partial charge is 0.159 e. The minimum absolute atomic E-state index is 0.0127. The highest BCUT2D eigenvalue weighted by Gasteiger charge is 2.03. The maximum absolute atomic E-state index is 5.61. The van der Waals surface area contributed by atoms with Crippen molar-refractivity contribution in [2.45, 2.75) is 13.0 Å². The first-order valence-electron chi connectivity index (χ1n) is 6.04. The van der Waals surface area contributed by atoms with Gasteiger partial charge >= 0.3 is 0 Å². The summed E-state index contributed by atoms with van der Waals surface area (Å²) in [7, 11) is 1.63. The molecule has 0 saturated carbocycles. The minimum Gasteiger partial charge on any atom is -0.497 e. The van der Waals surface area contributed by atoms with E-state index < -0.39 is 0 Å². The molecule has 0 aliphatic rings. The molecule has 0 radical (unpaired) electrons. The molecule has 1 heterocycles. The van der Waals surface area contributed by atoms with Crippen LogP contribution in [0.5, 0.6) is 11.5 Å². The third kappa shape index (κ3) is 3.66. The first-order valence-corrected chi connectivity index (χ1v) is 6.04. The maximum Gasteiger partial charge on any atom is 0.159 e. The lowest BCUT2D eigenvalue weighted by atomic mass is 10.2. The molecular formula is C14H17N3O2. The number of nitrogens with zero attached hydrogens (tertiary/aromatic N) is 2. The second-order valence-corrected chi connectivity index (χ2v) is 4.26. The lowest BCUT2D eigenvalue weighted by Crippen LogP contribution is -2.23. The molecule has 0 aliphatic carbocycles. The van der Waals surface area contributed by atoms with Gasteiger partial charge < -0.3 is 15.2 Å². The molecule has 0 spiro atoms. The summed E-state index contributed by atoms with van der Waals surface area (Å²) in [5, 5.41) is 0. The fourth-order valence-corrected chi connectivity index (χ4v) is 1.51. The second-order valence-electron chi connectivity index (χ2n) is 4.26. The summed E-state index contributed by atoms with van der Waals surface area (Å²) in [5.41, 5.74) is 6.54. The molecule has 0 amide bonds. The Morgan fingerprint density at radius 2 is 1.74 bits per heavy atom. The minimum atomic E-state index is -0.0127. The number of methoxy groups -OCH3 is 1. The third-order valence-electron chi connectivity index (χ3n) is 2.49. The van der Waals surface area contributed by atoms with Crippen molar-refractivity contribution in [2.24, 2.45) is 5.73 Å². The summed E-state index contributed by atoms with van der Waals surface area (Å²) in [6, 6.07) is 7.56. The maximum atomic E-state index is 5.61. The van der Waals surface area contributed by atoms with Crippen LogP contribution in [0.25, 0.3) is 11.4 Å². The van der Waals surface area contributed by atoms with Gasteiger partial charge in [-0.15, -0.1) is 0 Å². The number of nitrogens with two attached hydrogens (primary N) is 1. The quantitative estimate of drug-likeness (QED) is 0.887. The molecule has 1 unspecified atom stereocenters. The van der Waals surface area contributed by atoms with Crippen LogP contribution in [0.3, 0.4) is 0 Å². The topological polar surface area (TPSA) is 70.3 Å². The molecule has 0 fully saturated rings. The molecule has 1 aromatic heterocycles. The van der Waals surface area contributed by atoms with E-state index in [-0.39, 0.29) is 6.04 Å². The molecule has 19 heavy (non-hydrogen) atoms. The third-order valence-corrected chi connectivity index (χ3v) is 2.49. The average Bonchev–Trinajstić information content (AvgIpc) is 2.46. The van der Waals surface area contributed by atoms with Gasteiger partial charge in [0.25, 0.3) is 0 Å². The van der Waals surface area contributed by atoms with Crippen LogP contribution < -0.4 is 15.2 Å². The van der Waals surface area contributed by atoms with Gasteiger partial charge in [0, 0.05) is 11.6 Å². The van der Waals surface area contributed by atoms with Crippen molar-refractivity contribution in [3.05, 3.63) is 36.7 Å².